The highest BCUT2D eigenvalue weighted by Crippen LogP contribution is 2.27. The normalized spacial score (nSPS) is 16.7. The topological polar surface area (TPSA) is 107 Å². The molecule has 0 spiro atoms. The molecule has 0 bridgehead atoms. The molecule has 1 aromatic heterocycles. The number of ether oxygens (including phenoxy) is 3. The highest BCUT2D eigenvalue weighted by atomic mass is 16.6. The Balaban J connectivity index is 1.54. The third-order valence-electron chi connectivity index (χ3n) is 8.70. The number of aryl methyl sites for hydroxylation is 1. The van der Waals surface area contributed by atoms with E-state index in [1.54, 1.807) is 0 Å². The molecule has 2 rings (SSSR count). The van der Waals surface area contributed by atoms with Crippen LogP contribution in [0.1, 0.15) is 148 Å². The standard InChI is InChI=1S/C36H61N3O6/c1-4-6-7-8-9-10-11-12-13-14-15-16-17-18-19-21-26-37-34(41)43-29-36(25-23-28-45-36)30-44-35(42)38-33(31(3)40)32-24-20-22-27-39(32)5-2/h20,22,24,27,33H,4-19,21,23,25-26,28-30H2,1-3H3,(H-,37,38,41,42)/p+1. The molecule has 0 saturated carbocycles. The lowest BCUT2D eigenvalue weighted by Crippen LogP contribution is -2.46. The zero-order valence-electron chi connectivity index (χ0n) is 28.5. The van der Waals surface area contributed by atoms with E-state index in [1.807, 2.05) is 35.9 Å². The van der Waals surface area contributed by atoms with Crippen LogP contribution in [0.5, 0.6) is 0 Å². The molecular weight excluding hydrogens is 570 g/mol. The van der Waals surface area contributed by atoms with Crippen LogP contribution in [-0.2, 0) is 25.5 Å². The SMILES string of the molecule is CCCCCCCCCCCCCCCCCCNC(=O)OCC1(COC(=O)NC(C(C)=O)c2cccc[n+]2CC)CCCO1. The number of ketones is 1. The van der Waals surface area contributed by atoms with E-state index in [2.05, 4.69) is 17.6 Å². The van der Waals surface area contributed by atoms with Crippen molar-refractivity contribution in [3.05, 3.63) is 30.1 Å². The van der Waals surface area contributed by atoms with E-state index in [1.165, 1.54) is 96.8 Å². The fourth-order valence-corrected chi connectivity index (χ4v) is 5.92. The summed E-state index contributed by atoms with van der Waals surface area (Å²) >= 11 is 0. The van der Waals surface area contributed by atoms with Gasteiger partial charge in [-0.25, -0.2) is 14.2 Å². The smallest absolute Gasteiger partial charge is 0.408 e. The summed E-state index contributed by atoms with van der Waals surface area (Å²) in [7, 11) is 0. The Kier molecular flexibility index (Phi) is 20.2. The summed E-state index contributed by atoms with van der Waals surface area (Å²) in [4.78, 5) is 37.3. The van der Waals surface area contributed by atoms with E-state index in [-0.39, 0.29) is 19.0 Å². The average Bonchev–Trinajstić information content (AvgIpc) is 3.52. The Labute approximate surface area is 272 Å². The first-order valence-corrected chi connectivity index (χ1v) is 17.9. The molecule has 0 aliphatic carbocycles. The summed E-state index contributed by atoms with van der Waals surface area (Å²) in [5.41, 5.74) is -0.203. The predicted octanol–water partition coefficient (Wildman–Crippen LogP) is 7.89. The first-order valence-electron chi connectivity index (χ1n) is 17.9. The molecule has 45 heavy (non-hydrogen) atoms. The van der Waals surface area contributed by atoms with Gasteiger partial charge in [0.25, 0.3) is 0 Å². The van der Waals surface area contributed by atoms with Crippen molar-refractivity contribution in [3.8, 4) is 0 Å². The molecule has 2 heterocycles. The molecule has 256 valence electrons. The zero-order valence-corrected chi connectivity index (χ0v) is 28.5. The highest BCUT2D eigenvalue weighted by Gasteiger charge is 2.39. The molecule has 1 aliphatic heterocycles. The van der Waals surface area contributed by atoms with Gasteiger partial charge in [-0.2, -0.15) is 0 Å². The van der Waals surface area contributed by atoms with Gasteiger partial charge in [0, 0.05) is 25.3 Å². The minimum Gasteiger partial charge on any atom is -0.446 e. The fraction of sp³-hybridized carbons (Fsp3) is 0.778. The van der Waals surface area contributed by atoms with E-state index in [0.717, 1.165) is 19.3 Å². The van der Waals surface area contributed by atoms with Crippen LogP contribution in [0.3, 0.4) is 0 Å². The van der Waals surface area contributed by atoms with E-state index < -0.39 is 23.8 Å². The van der Waals surface area contributed by atoms with Crippen LogP contribution in [0.25, 0.3) is 0 Å². The first-order chi connectivity index (χ1) is 21.9. The van der Waals surface area contributed by atoms with Crippen molar-refractivity contribution in [2.45, 2.75) is 155 Å². The van der Waals surface area contributed by atoms with Crippen LogP contribution in [0.4, 0.5) is 9.59 Å². The molecule has 2 unspecified atom stereocenters. The molecule has 0 radical (unpaired) electrons. The molecule has 1 saturated heterocycles. The number of pyridine rings is 1. The monoisotopic (exact) mass is 632 g/mol. The maximum absolute atomic E-state index is 12.7. The van der Waals surface area contributed by atoms with Gasteiger partial charge in [0.1, 0.15) is 25.4 Å². The van der Waals surface area contributed by atoms with Crippen molar-refractivity contribution < 1.29 is 33.2 Å². The number of carbonyl (C=O) groups excluding carboxylic acids is 3. The molecule has 1 aliphatic rings. The number of hydrogen-bond acceptors (Lipinski definition) is 6. The minimum atomic E-state index is -0.884. The summed E-state index contributed by atoms with van der Waals surface area (Å²) in [6.45, 7) is 7.34. The maximum Gasteiger partial charge on any atom is 0.408 e. The summed E-state index contributed by atoms with van der Waals surface area (Å²) in [6.07, 6.45) is 23.0. The van der Waals surface area contributed by atoms with E-state index >= 15 is 0 Å². The molecular formula is C36H62N3O6+. The highest BCUT2D eigenvalue weighted by molar-refractivity contribution is 5.85. The van der Waals surface area contributed by atoms with Crippen molar-refractivity contribution >= 4 is 18.0 Å². The van der Waals surface area contributed by atoms with Gasteiger partial charge in [-0.1, -0.05) is 109 Å². The minimum absolute atomic E-state index is 0.00424. The lowest BCUT2D eigenvalue weighted by molar-refractivity contribution is -0.701. The first kappa shape index (κ1) is 38.5. The molecule has 1 fully saturated rings. The van der Waals surface area contributed by atoms with Crippen LogP contribution in [0.15, 0.2) is 24.4 Å². The molecule has 2 amide bonds. The average molecular weight is 633 g/mol. The van der Waals surface area contributed by atoms with Crippen molar-refractivity contribution in [3.63, 3.8) is 0 Å². The number of unbranched alkanes of at least 4 members (excludes halogenated alkanes) is 15. The lowest BCUT2D eigenvalue weighted by Gasteiger charge is -2.27. The molecule has 2 atom stereocenters. The third kappa shape index (κ3) is 16.4. The van der Waals surface area contributed by atoms with Crippen molar-refractivity contribution in [1.29, 1.82) is 0 Å². The Bertz CT molecular complexity index is 966. The summed E-state index contributed by atoms with van der Waals surface area (Å²) in [5.74, 6) is -0.198. The van der Waals surface area contributed by atoms with E-state index in [0.29, 0.717) is 31.8 Å². The third-order valence-corrected chi connectivity index (χ3v) is 8.70. The van der Waals surface area contributed by atoms with Crippen LogP contribution in [0.2, 0.25) is 0 Å². The Morgan fingerprint density at radius 2 is 1.38 bits per heavy atom. The van der Waals surface area contributed by atoms with Crippen LogP contribution < -0.4 is 15.2 Å². The quantitative estimate of drug-likeness (QED) is 0.0839. The van der Waals surface area contributed by atoms with Gasteiger partial charge in [-0.05, 0) is 33.1 Å². The van der Waals surface area contributed by atoms with E-state index in [4.69, 9.17) is 14.2 Å². The fourth-order valence-electron chi connectivity index (χ4n) is 5.92. The van der Waals surface area contributed by atoms with Gasteiger partial charge >= 0.3 is 12.2 Å². The lowest BCUT2D eigenvalue weighted by atomic mass is 10.0. The number of nitrogens with one attached hydrogen (secondary N) is 2. The number of Topliss-reactive ketones (excluding diaryl/α,β-unsaturated/α-hetero) is 1. The second kappa shape index (κ2) is 23.6. The van der Waals surface area contributed by atoms with Crippen LogP contribution >= 0.6 is 0 Å². The number of alkyl carbamates (subject to hydrolysis) is 2. The molecule has 9 nitrogen and oxygen atoms in total. The summed E-state index contributed by atoms with van der Waals surface area (Å²) in [5, 5.41) is 5.51. The van der Waals surface area contributed by atoms with Gasteiger partial charge in [0.2, 0.25) is 5.69 Å². The Morgan fingerprint density at radius 3 is 1.89 bits per heavy atom. The van der Waals surface area contributed by atoms with Crippen molar-refractivity contribution in [1.82, 2.24) is 10.6 Å². The largest absolute Gasteiger partial charge is 0.446 e. The van der Waals surface area contributed by atoms with Crippen molar-refractivity contribution in [2.75, 3.05) is 26.4 Å². The van der Waals surface area contributed by atoms with Crippen molar-refractivity contribution in [2.24, 2.45) is 0 Å². The van der Waals surface area contributed by atoms with Gasteiger partial charge in [0.05, 0.1) is 0 Å². The van der Waals surface area contributed by atoms with Gasteiger partial charge in [0.15, 0.2) is 18.0 Å². The molecule has 0 aromatic carbocycles. The summed E-state index contributed by atoms with van der Waals surface area (Å²) in [6, 6.07) is 4.69. The van der Waals surface area contributed by atoms with Gasteiger partial charge < -0.3 is 24.8 Å². The summed E-state index contributed by atoms with van der Waals surface area (Å²) < 4.78 is 18.7. The number of amides is 2. The zero-order chi connectivity index (χ0) is 32.6. The Morgan fingerprint density at radius 1 is 0.822 bits per heavy atom. The number of nitrogens with zero attached hydrogens (tertiary/aromatic N) is 1. The number of hydrogen-bond donors (Lipinski definition) is 2. The second-order valence-corrected chi connectivity index (χ2v) is 12.6. The predicted molar refractivity (Wildman–Crippen MR) is 177 cm³/mol. The second-order valence-electron chi connectivity index (χ2n) is 12.6. The molecule has 2 N–H and O–H groups in total. The van der Waals surface area contributed by atoms with Crippen LogP contribution in [-0.4, -0.2) is 49.9 Å². The maximum atomic E-state index is 12.7. The number of carbonyl (C=O) groups is 3. The van der Waals surface area contributed by atoms with Gasteiger partial charge in [-0.3, -0.25) is 4.79 Å². The molecule has 9 heteroatoms. The molecule has 1 aromatic rings. The number of aromatic nitrogens is 1. The van der Waals surface area contributed by atoms with E-state index in [9.17, 15) is 14.4 Å². The van der Waals surface area contributed by atoms with Gasteiger partial charge in [-0.15, -0.1) is 0 Å². The Hall–Kier alpha value is -2.68. The van der Waals surface area contributed by atoms with Crippen LogP contribution in [0, 0.1) is 0 Å². The number of rotatable bonds is 25.